The maximum Gasteiger partial charge on any atom is 0.138 e. The van der Waals surface area contributed by atoms with Crippen LogP contribution in [0.3, 0.4) is 0 Å². The van der Waals surface area contributed by atoms with Gasteiger partial charge in [0.15, 0.2) is 0 Å². The standard InChI is InChI=1S/C14H19BrN4/c1-3-16-13(11-7-5-6-8-12(11)15)9-14-17-10-18-19(14)4-2/h5-8,10,13,16H,3-4,9H2,1-2H3. The highest BCUT2D eigenvalue weighted by Crippen LogP contribution is 2.25. The smallest absolute Gasteiger partial charge is 0.138 e. The number of halogens is 1. The summed E-state index contributed by atoms with van der Waals surface area (Å²) in [6, 6.07) is 8.56. The summed E-state index contributed by atoms with van der Waals surface area (Å²) in [6.45, 7) is 5.98. The molecule has 1 aromatic heterocycles. The van der Waals surface area contributed by atoms with Crippen molar-refractivity contribution in [2.45, 2.75) is 32.9 Å². The van der Waals surface area contributed by atoms with Gasteiger partial charge < -0.3 is 5.32 Å². The summed E-state index contributed by atoms with van der Waals surface area (Å²) in [4.78, 5) is 4.36. The summed E-state index contributed by atoms with van der Waals surface area (Å²) >= 11 is 3.62. The molecule has 1 aromatic carbocycles. The third-order valence-electron chi connectivity index (χ3n) is 3.11. The van der Waals surface area contributed by atoms with Gasteiger partial charge in [-0.25, -0.2) is 4.98 Å². The first-order valence-electron chi connectivity index (χ1n) is 6.60. The lowest BCUT2D eigenvalue weighted by atomic mass is 10.0. The first-order valence-corrected chi connectivity index (χ1v) is 7.40. The quantitative estimate of drug-likeness (QED) is 0.889. The lowest BCUT2D eigenvalue weighted by molar-refractivity contribution is 0.508. The van der Waals surface area contributed by atoms with Gasteiger partial charge >= 0.3 is 0 Å². The van der Waals surface area contributed by atoms with Crippen molar-refractivity contribution in [1.29, 1.82) is 0 Å². The van der Waals surface area contributed by atoms with Crippen LogP contribution < -0.4 is 5.32 Å². The van der Waals surface area contributed by atoms with Gasteiger partial charge in [-0.2, -0.15) is 5.10 Å². The second kappa shape index (κ2) is 6.82. The van der Waals surface area contributed by atoms with Crippen molar-refractivity contribution in [3.8, 4) is 0 Å². The highest BCUT2D eigenvalue weighted by atomic mass is 79.9. The molecule has 0 amide bonds. The molecule has 0 saturated heterocycles. The van der Waals surface area contributed by atoms with Crippen molar-refractivity contribution in [3.63, 3.8) is 0 Å². The predicted octanol–water partition coefficient (Wildman–Crippen LogP) is 2.95. The lowest BCUT2D eigenvalue weighted by Gasteiger charge is -2.19. The van der Waals surface area contributed by atoms with Gasteiger partial charge in [0, 0.05) is 23.5 Å². The minimum absolute atomic E-state index is 0.245. The van der Waals surface area contributed by atoms with E-state index in [1.165, 1.54) is 5.56 Å². The summed E-state index contributed by atoms with van der Waals surface area (Å²) in [5.74, 6) is 1.02. The Labute approximate surface area is 122 Å². The molecule has 19 heavy (non-hydrogen) atoms. The van der Waals surface area contributed by atoms with E-state index in [-0.39, 0.29) is 6.04 Å². The predicted molar refractivity (Wildman–Crippen MR) is 80.0 cm³/mol. The van der Waals surface area contributed by atoms with Crippen LogP contribution in [-0.4, -0.2) is 21.3 Å². The van der Waals surface area contributed by atoms with Gasteiger partial charge in [0.1, 0.15) is 12.2 Å². The zero-order valence-corrected chi connectivity index (χ0v) is 12.9. The van der Waals surface area contributed by atoms with E-state index in [9.17, 15) is 0 Å². The van der Waals surface area contributed by atoms with E-state index in [0.29, 0.717) is 0 Å². The Morgan fingerprint density at radius 1 is 1.32 bits per heavy atom. The Bertz CT molecular complexity index is 524. The number of aryl methyl sites for hydroxylation is 1. The van der Waals surface area contributed by atoms with E-state index < -0.39 is 0 Å². The molecule has 1 unspecified atom stereocenters. The lowest BCUT2D eigenvalue weighted by Crippen LogP contribution is -2.24. The van der Waals surface area contributed by atoms with Crippen LogP contribution in [0.5, 0.6) is 0 Å². The van der Waals surface area contributed by atoms with Gasteiger partial charge in [0.2, 0.25) is 0 Å². The van der Waals surface area contributed by atoms with Gasteiger partial charge in [-0.3, -0.25) is 4.68 Å². The van der Waals surface area contributed by atoms with Gasteiger partial charge in [0.25, 0.3) is 0 Å². The number of nitrogens with one attached hydrogen (secondary N) is 1. The van der Waals surface area contributed by atoms with E-state index in [0.717, 1.165) is 29.8 Å². The Kier molecular flexibility index (Phi) is 5.10. The highest BCUT2D eigenvalue weighted by molar-refractivity contribution is 9.10. The molecule has 0 saturated carbocycles. The SMILES string of the molecule is CCNC(Cc1ncnn1CC)c1ccccc1Br. The van der Waals surface area contributed by atoms with Crippen LogP contribution in [0.4, 0.5) is 0 Å². The minimum atomic E-state index is 0.245. The van der Waals surface area contributed by atoms with Crippen LogP contribution in [0.2, 0.25) is 0 Å². The number of hydrogen-bond donors (Lipinski definition) is 1. The molecule has 0 bridgehead atoms. The zero-order valence-electron chi connectivity index (χ0n) is 11.3. The Morgan fingerprint density at radius 3 is 2.79 bits per heavy atom. The molecule has 1 N–H and O–H groups in total. The summed E-state index contributed by atoms with van der Waals surface area (Å²) in [7, 11) is 0. The number of hydrogen-bond acceptors (Lipinski definition) is 3. The molecule has 4 nitrogen and oxygen atoms in total. The fourth-order valence-corrected chi connectivity index (χ4v) is 2.75. The Hall–Kier alpha value is -1.20. The topological polar surface area (TPSA) is 42.7 Å². The van der Waals surface area contributed by atoms with E-state index in [2.05, 4.69) is 63.4 Å². The fraction of sp³-hybridized carbons (Fsp3) is 0.429. The molecule has 0 aliphatic carbocycles. The van der Waals surface area contributed by atoms with Gasteiger partial charge in [-0.1, -0.05) is 41.1 Å². The van der Waals surface area contributed by atoms with Crippen LogP contribution in [0, 0.1) is 0 Å². The summed E-state index contributed by atoms with van der Waals surface area (Å²) in [5.41, 5.74) is 1.26. The average Bonchev–Trinajstić information content (AvgIpc) is 2.86. The van der Waals surface area contributed by atoms with Gasteiger partial charge in [0.05, 0.1) is 0 Å². The van der Waals surface area contributed by atoms with E-state index in [1.807, 2.05) is 10.7 Å². The second-order valence-electron chi connectivity index (χ2n) is 4.33. The third-order valence-corrected chi connectivity index (χ3v) is 3.84. The van der Waals surface area contributed by atoms with Gasteiger partial charge in [-0.15, -0.1) is 0 Å². The minimum Gasteiger partial charge on any atom is -0.310 e. The molecule has 0 radical (unpaired) electrons. The Morgan fingerprint density at radius 2 is 2.11 bits per heavy atom. The summed E-state index contributed by atoms with van der Waals surface area (Å²) < 4.78 is 3.07. The van der Waals surface area contributed by atoms with Crippen LogP contribution in [0.25, 0.3) is 0 Å². The van der Waals surface area contributed by atoms with Crippen LogP contribution in [0.15, 0.2) is 35.1 Å². The van der Waals surface area contributed by atoms with E-state index >= 15 is 0 Å². The molecule has 0 aliphatic rings. The monoisotopic (exact) mass is 322 g/mol. The highest BCUT2D eigenvalue weighted by Gasteiger charge is 2.16. The van der Waals surface area contributed by atoms with Crippen molar-refractivity contribution in [1.82, 2.24) is 20.1 Å². The molecular formula is C14H19BrN4. The summed E-state index contributed by atoms with van der Waals surface area (Å²) in [6.07, 6.45) is 2.46. The fourth-order valence-electron chi connectivity index (χ4n) is 2.19. The molecule has 5 heteroatoms. The molecule has 0 aliphatic heterocycles. The maximum atomic E-state index is 4.36. The first kappa shape index (κ1) is 14.2. The Balaban J connectivity index is 2.24. The summed E-state index contributed by atoms with van der Waals surface area (Å²) in [5, 5.41) is 7.75. The van der Waals surface area contributed by atoms with Crippen LogP contribution >= 0.6 is 15.9 Å². The normalized spacial score (nSPS) is 12.6. The van der Waals surface area contributed by atoms with Crippen molar-refractivity contribution in [3.05, 3.63) is 46.5 Å². The number of rotatable bonds is 6. The third kappa shape index (κ3) is 3.42. The van der Waals surface area contributed by atoms with Crippen LogP contribution in [-0.2, 0) is 13.0 Å². The largest absolute Gasteiger partial charge is 0.310 e. The van der Waals surface area contributed by atoms with Crippen molar-refractivity contribution < 1.29 is 0 Å². The maximum absolute atomic E-state index is 4.36. The average molecular weight is 323 g/mol. The number of benzene rings is 1. The molecular weight excluding hydrogens is 304 g/mol. The molecule has 0 spiro atoms. The van der Waals surface area contributed by atoms with Crippen LogP contribution in [0.1, 0.15) is 31.3 Å². The number of nitrogens with zero attached hydrogens (tertiary/aromatic N) is 3. The van der Waals surface area contributed by atoms with Crippen molar-refractivity contribution in [2.75, 3.05) is 6.54 Å². The van der Waals surface area contributed by atoms with E-state index in [4.69, 9.17) is 0 Å². The van der Waals surface area contributed by atoms with Crippen molar-refractivity contribution >= 4 is 15.9 Å². The first-order chi connectivity index (χ1) is 9.26. The number of likely N-dealkylation sites (N-methyl/N-ethyl adjacent to an activating group) is 1. The van der Waals surface area contributed by atoms with E-state index in [1.54, 1.807) is 6.33 Å². The molecule has 2 rings (SSSR count). The molecule has 1 heterocycles. The molecule has 1 atom stereocenters. The second-order valence-corrected chi connectivity index (χ2v) is 5.18. The number of aromatic nitrogens is 3. The zero-order chi connectivity index (χ0) is 13.7. The molecule has 102 valence electrons. The van der Waals surface area contributed by atoms with Gasteiger partial charge in [-0.05, 0) is 25.1 Å². The molecule has 0 fully saturated rings. The van der Waals surface area contributed by atoms with Crippen molar-refractivity contribution in [2.24, 2.45) is 0 Å². The molecule has 2 aromatic rings.